The van der Waals surface area contributed by atoms with Crippen molar-refractivity contribution in [2.45, 2.75) is 84.0 Å². The lowest BCUT2D eigenvalue weighted by Gasteiger charge is -2.26. The van der Waals surface area contributed by atoms with Crippen molar-refractivity contribution >= 4 is 14.1 Å². The molecule has 0 amide bonds. The molecule has 1 aromatic rings. The third-order valence-corrected chi connectivity index (χ3v) is 4.95. The van der Waals surface area contributed by atoms with Gasteiger partial charge in [-0.05, 0) is 26.1 Å². The zero-order chi connectivity index (χ0) is 17.1. The lowest BCUT2D eigenvalue weighted by molar-refractivity contribution is 0.0888. The molecule has 0 radical (unpaired) electrons. The first kappa shape index (κ1) is 20.1. The van der Waals surface area contributed by atoms with Gasteiger partial charge >= 0.3 is 0 Å². The predicted molar refractivity (Wildman–Crippen MR) is 102 cm³/mol. The fourth-order valence-corrected chi connectivity index (χ4v) is 4.00. The molecule has 3 heteroatoms. The lowest BCUT2D eigenvalue weighted by atomic mass is 10.0. The second kappa shape index (κ2) is 10.8. The Labute approximate surface area is 143 Å². The number of unbranched alkanes of at least 4 members (excludes halogenated alkanes) is 5. The third kappa shape index (κ3) is 9.72. The van der Waals surface area contributed by atoms with Gasteiger partial charge in [0, 0.05) is 12.0 Å². The Balaban J connectivity index is 2.47. The maximum absolute atomic E-state index is 12.5. The fraction of sp³-hybridized carbons (Fsp3) is 0.650. The quantitative estimate of drug-likeness (QED) is 0.257. The molecule has 130 valence electrons. The molecule has 0 aliphatic heterocycles. The van der Waals surface area contributed by atoms with Crippen LogP contribution in [0.4, 0.5) is 0 Å². The van der Waals surface area contributed by atoms with Gasteiger partial charge in [0.2, 0.25) is 0 Å². The molecule has 0 heterocycles. The summed E-state index contributed by atoms with van der Waals surface area (Å²) in [5, 5.41) is 0. The van der Waals surface area contributed by atoms with Crippen molar-refractivity contribution in [3.63, 3.8) is 0 Å². The predicted octanol–water partition coefficient (Wildman–Crippen LogP) is 6.23. The summed E-state index contributed by atoms with van der Waals surface area (Å²) in [5.41, 5.74) is 0.805. The van der Waals surface area contributed by atoms with Crippen LogP contribution in [0.1, 0.15) is 68.6 Å². The summed E-state index contributed by atoms with van der Waals surface area (Å²) in [7, 11) is -1.62. The van der Waals surface area contributed by atoms with Crippen molar-refractivity contribution < 1.29 is 9.22 Å². The average Bonchev–Trinajstić information content (AvgIpc) is 2.50. The maximum Gasteiger partial charge on any atom is 0.184 e. The number of rotatable bonds is 12. The lowest BCUT2D eigenvalue weighted by Crippen LogP contribution is -2.33. The zero-order valence-electron chi connectivity index (χ0n) is 15.4. The maximum atomic E-state index is 12.5. The van der Waals surface area contributed by atoms with E-state index in [1.54, 1.807) is 0 Å². The van der Waals surface area contributed by atoms with Crippen molar-refractivity contribution in [3.05, 3.63) is 35.9 Å². The summed E-state index contributed by atoms with van der Waals surface area (Å²) in [6, 6.07) is 9.60. The van der Waals surface area contributed by atoms with E-state index in [0.29, 0.717) is 6.42 Å². The van der Waals surface area contributed by atoms with Crippen LogP contribution in [0.2, 0.25) is 19.6 Å². The number of carbonyl (C=O) groups is 1. The van der Waals surface area contributed by atoms with E-state index in [1.165, 1.54) is 38.5 Å². The molecule has 1 unspecified atom stereocenters. The van der Waals surface area contributed by atoms with Gasteiger partial charge < -0.3 is 4.43 Å². The number of carbonyl (C=O) groups excluding carboxylic acids is 1. The summed E-state index contributed by atoms with van der Waals surface area (Å²) in [5.74, 6) is 0.208. The van der Waals surface area contributed by atoms with Crippen molar-refractivity contribution in [3.8, 4) is 0 Å². The Bertz CT molecular complexity index is 437. The van der Waals surface area contributed by atoms with Crippen LogP contribution in [0.25, 0.3) is 0 Å². The summed E-state index contributed by atoms with van der Waals surface area (Å²) >= 11 is 0. The second-order valence-corrected chi connectivity index (χ2v) is 11.9. The number of hydrogen-bond donors (Lipinski definition) is 0. The molecular weight excluding hydrogens is 300 g/mol. The molecule has 0 N–H and O–H groups in total. The highest BCUT2D eigenvalue weighted by atomic mass is 28.4. The molecule has 0 saturated heterocycles. The molecule has 0 spiro atoms. The highest BCUT2D eigenvalue weighted by Gasteiger charge is 2.23. The van der Waals surface area contributed by atoms with Crippen LogP contribution in [-0.4, -0.2) is 20.2 Å². The number of hydrogen-bond acceptors (Lipinski definition) is 2. The minimum absolute atomic E-state index is 0.0838. The molecule has 0 saturated carbocycles. The Kier molecular flexibility index (Phi) is 9.42. The standard InChI is InChI=1S/C20H34O2Si/c1-5-6-7-8-9-13-16-19(22-23(2,3)4)17-20(21)18-14-11-10-12-15-18/h10-12,14-15,19H,5-9,13,16-17H2,1-4H3. The molecule has 23 heavy (non-hydrogen) atoms. The van der Waals surface area contributed by atoms with Gasteiger partial charge in [0.15, 0.2) is 14.1 Å². The number of benzene rings is 1. The minimum atomic E-state index is -1.62. The first-order valence-electron chi connectivity index (χ1n) is 9.18. The van der Waals surface area contributed by atoms with Crippen molar-refractivity contribution in [2.24, 2.45) is 0 Å². The topological polar surface area (TPSA) is 26.3 Å². The highest BCUT2D eigenvalue weighted by Crippen LogP contribution is 2.19. The molecule has 0 aromatic heterocycles. The molecule has 1 atom stereocenters. The molecule has 1 aromatic carbocycles. The summed E-state index contributed by atoms with van der Waals surface area (Å²) in [6.45, 7) is 8.85. The van der Waals surface area contributed by atoms with Gasteiger partial charge in [-0.25, -0.2) is 0 Å². The van der Waals surface area contributed by atoms with Gasteiger partial charge in [-0.3, -0.25) is 4.79 Å². The minimum Gasteiger partial charge on any atom is -0.414 e. The fourth-order valence-electron chi connectivity index (χ4n) is 2.80. The molecule has 2 nitrogen and oxygen atoms in total. The van der Waals surface area contributed by atoms with Crippen LogP contribution in [-0.2, 0) is 4.43 Å². The largest absolute Gasteiger partial charge is 0.414 e. The molecular formula is C20H34O2Si. The molecule has 0 aliphatic carbocycles. The van der Waals surface area contributed by atoms with Crippen LogP contribution < -0.4 is 0 Å². The Hall–Kier alpha value is -0.933. The van der Waals surface area contributed by atoms with Gasteiger partial charge in [0.05, 0.1) is 6.10 Å². The summed E-state index contributed by atoms with van der Waals surface area (Å²) in [4.78, 5) is 12.5. The van der Waals surface area contributed by atoms with E-state index in [1.807, 2.05) is 30.3 Å². The van der Waals surface area contributed by atoms with Crippen molar-refractivity contribution in [1.29, 1.82) is 0 Å². The van der Waals surface area contributed by atoms with E-state index in [2.05, 4.69) is 26.6 Å². The van der Waals surface area contributed by atoms with Gasteiger partial charge in [-0.15, -0.1) is 0 Å². The number of ketones is 1. The molecule has 0 aliphatic rings. The Morgan fingerprint density at radius 3 is 2.22 bits per heavy atom. The van der Waals surface area contributed by atoms with Crippen molar-refractivity contribution in [2.75, 3.05) is 0 Å². The normalized spacial score (nSPS) is 13.0. The van der Waals surface area contributed by atoms with Crippen LogP contribution in [0, 0.1) is 0 Å². The summed E-state index contributed by atoms with van der Waals surface area (Å²) < 4.78 is 6.28. The van der Waals surface area contributed by atoms with Gasteiger partial charge in [-0.2, -0.15) is 0 Å². The Morgan fingerprint density at radius 2 is 1.61 bits per heavy atom. The van der Waals surface area contributed by atoms with E-state index >= 15 is 0 Å². The first-order valence-corrected chi connectivity index (χ1v) is 12.6. The van der Waals surface area contributed by atoms with Gasteiger partial charge in [0.1, 0.15) is 0 Å². The van der Waals surface area contributed by atoms with Gasteiger partial charge in [-0.1, -0.05) is 75.8 Å². The van der Waals surface area contributed by atoms with Crippen LogP contribution in [0.3, 0.4) is 0 Å². The third-order valence-electron chi connectivity index (χ3n) is 3.91. The highest BCUT2D eigenvalue weighted by molar-refractivity contribution is 6.69. The summed E-state index contributed by atoms with van der Waals surface area (Å²) in [6.07, 6.45) is 9.29. The van der Waals surface area contributed by atoms with E-state index in [-0.39, 0.29) is 11.9 Å². The SMILES string of the molecule is CCCCCCCCC(CC(=O)c1ccccc1)O[Si](C)(C)C. The van der Waals surface area contributed by atoms with Crippen molar-refractivity contribution in [1.82, 2.24) is 0 Å². The van der Waals surface area contributed by atoms with E-state index in [9.17, 15) is 4.79 Å². The van der Waals surface area contributed by atoms with E-state index < -0.39 is 8.32 Å². The van der Waals surface area contributed by atoms with Crippen LogP contribution in [0.15, 0.2) is 30.3 Å². The molecule has 0 bridgehead atoms. The van der Waals surface area contributed by atoms with Crippen LogP contribution in [0.5, 0.6) is 0 Å². The van der Waals surface area contributed by atoms with E-state index in [4.69, 9.17) is 4.43 Å². The molecule has 0 fully saturated rings. The first-order chi connectivity index (χ1) is 10.9. The second-order valence-electron chi connectivity index (χ2n) is 7.40. The number of Topliss-reactive ketones (excluding diaryl/α,β-unsaturated/α-hetero) is 1. The monoisotopic (exact) mass is 334 g/mol. The average molecular weight is 335 g/mol. The molecule has 1 rings (SSSR count). The Morgan fingerprint density at radius 1 is 1.00 bits per heavy atom. The smallest absolute Gasteiger partial charge is 0.184 e. The zero-order valence-corrected chi connectivity index (χ0v) is 16.4. The van der Waals surface area contributed by atoms with E-state index in [0.717, 1.165) is 12.0 Å². The van der Waals surface area contributed by atoms with Crippen LogP contribution >= 0.6 is 0 Å². The van der Waals surface area contributed by atoms with Gasteiger partial charge in [0.25, 0.3) is 0 Å².